The summed E-state index contributed by atoms with van der Waals surface area (Å²) in [4.78, 5) is 14.7. The second kappa shape index (κ2) is 9.77. The molecule has 0 aliphatic carbocycles. The molecule has 10 nitrogen and oxygen atoms in total. The predicted octanol–water partition coefficient (Wildman–Crippen LogP) is -2.07. The number of aliphatic hydroxyl groups excluding tert-OH is 2. The summed E-state index contributed by atoms with van der Waals surface area (Å²) in [5, 5.41) is 32.9. The average Bonchev–Trinajstić information content (AvgIpc) is 3.02. The number of nitrogens with zero attached hydrogens (tertiary/aromatic N) is 2. The fraction of sp³-hybridized carbons (Fsp3) is 0.450. The number of hydrogen-bond donors (Lipinski definition) is 4. The van der Waals surface area contributed by atoms with E-state index in [1.807, 2.05) is 0 Å². The SMILES string of the molecule is O=C(O)C1=C[I-]N=C(OC[C@@]23CO[C@@H](O2)[C@H](Nc2cccc(C(F)(F)F)n2)[C@@H](CO)[C@H]3O)C=C1. The van der Waals surface area contributed by atoms with Crippen LogP contribution in [0.1, 0.15) is 5.69 Å². The van der Waals surface area contributed by atoms with Crippen molar-refractivity contribution in [2.24, 2.45) is 9.12 Å². The number of aliphatic carboxylic acids is 1. The molecule has 0 aromatic carbocycles. The Balaban J connectivity index is 1.46. The summed E-state index contributed by atoms with van der Waals surface area (Å²) in [6.45, 7) is -0.819. The molecule has 2 fully saturated rings. The van der Waals surface area contributed by atoms with Crippen LogP contribution in [-0.2, 0) is 25.2 Å². The summed E-state index contributed by atoms with van der Waals surface area (Å²) in [6, 6.07) is 2.45. The Morgan fingerprint density at radius 1 is 1.35 bits per heavy atom. The van der Waals surface area contributed by atoms with E-state index in [2.05, 4.69) is 13.5 Å². The number of fused-ring (bicyclic) bond motifs is 2. The Morgan fingerprint density at radius 2 is 2.15 bits per heavy atom. The summed E-state index contributed by atoms with van der Waals surface area (Å²) in [7, 11) is 0. The number of pyridine rings is 1. The molecule has 1 aromatic heterocycles. The van der Waals surface area contributed by atoms with Crippen molar-refractivity contribution >= 4 is 17.7 Å². The Hall–Kier alpha value is -2.27. The van der Waals surface area contributed by atoms with Crippen LogP contribution in [0.4, 0.5) is 19.0 Å². The van der Waals surface area contributed by atoms with E-state index in [9.17, 15) is 28.2 Å². The number of aromatic nitrogens is 1. The quantitative estimate of drug-likeness (QED) is 0.272. The van der Waals surface area contributed by atoms with Gasteiger partial charge in [0.25, 0.3) is 0 Å². The zero-order chi connectivity index (χ0) is 24.5. The molecular formula is C20H20F3IN3O7-. The van der Waals surface area contributed by atoms with Crippen LogP contribution in [0.15, 0.2) is 43.2 Å². The molecule has 3 aliphatic heterocycles. The van der Waals surface area contributed by atoms with Gasteiger partial charge < -0.3 is 0 Å². The first-order valence-corrected chi connectivity index (χ1v) is 12.2. The van der Waals surface area contributed by atoms with Gasteiger partial charge in [-0.05, 0) is 6.07 Å². The summed E-state index contributed by atoms with van der Waals surface area (Å²) >= 11 is -0.954. The molecule has 4 heterocycles. The molecule has 0 radical (unpaired) electrons. The van der Waals surface area contributed by atoms with E-state index in [1.165, 1.54) is 28.4 Å². The number of halogens is 4. The number of ether oxygens (including phenoxy) is 3. The van der Waals surface area contributed by atoms with Gasteiger partial charge in [0.1, 0.15) is 0 Å². The number of alkyl halides is 3. The molecule has 5 atom stereocenters. The molecule has 186 valence electrons. The topological polar surface area (TPSA) is 143 Å². The molecule has 1 aromatic rings. The van der Waals surface area contributed by atoms with Gasteiger partial charge in [-0.2, -0.15) is 13.2 Å². The van der Waals surface area contributed by atoms with Gasteiger partial charge in [0, 0.05) is 0 Å². The molecule has 4 rings (SSSR count). The normalized spacial score (nSPS) is 31.1. The summed E-state index contributed by atoms with van der Waals surface area (Å²) in [5.74, 6) is -1.90. The van der Waals surface area contributed by atoms with Crippen LogP contribution in [0.2, 0.25) is 0 Å². The molecule has 0 unspecified atom stereocenters. The molecular weight excluding hydrogens is 578 g/mol. The second-order valence-electron chi connectivity index (χ2n) is 7.74. The molecule has 2 bridgehead atoms. The molecule has 4 N–H and O–H groups in total. The first kappa shape index (κ1) is 24.8. The van der Waals surface area contributed by atoms with Crippen LogP contribution in [0.5, 0.6) is 0 Å². The van der Waals surface area contributed by atoms with E-state index >= 15 is 0 Å². The van der Waals surface area contributed by atoms with Crippen LogP contribution >= 0.6 is 0 Å². The Labute approximate surface area is 201 Å². The fourth-order valence-corrected chi connectivity index (χ4v) is 5.26. The zero-order valence-corrected chi connectivity index (χ0v) is 19.4. The summed E-state index contributed by atoms with van der Waals surface area (Å²) in [5.41, 5.74) is -2.35. The minimum absolute atomic E-state index is 0.101. The first-order chi connectivity index (χ1) is 16.1. The van der Waals surface area contributed by atoms with E-state index in [0.717, 1.165) is 6.07 Å². The number of rotatable bonds is 6. The van der Waals surface area contributed by atoms with Crippen LogP contribution < -0.4 is 26.8 Å². The second-order valence-corrected chi connectivity index (χ2v) is 9.40. The van der Waals surface area contributed by atoms with Crippen molar-refractivity contribution < 1.29 is 69.0 Å². The third-order valence-corrected chi connectivity index (χ3v) is 7.23. The van der Waals surface area contributed by atoms with Gasteiger partial charge in [0.2, 0.25) is 0 Å². The minimum atomic E-state index is -4.63. The maximum atomic E-state index is 13.0. The van der Waals surface area contributed by atoms with Crippen LogP contribution in [-0.4, -0.2) is 76.0 Å². The van der Waals surface area contributed by atoms with Crippen LogP contribution in [0.3, 0.4) is 0 Å². The molecule has 0 saturated carbocycles. The summed E-state index contributed by atoms with van der Waals surface area (Å²) < 4.78 is 62.0. The van der Waals surface area contributed by atoms with Crippen LogP contribution in [0, 0.1) is 5.92 Å². The maximum absolute atomic E-state index is 13.0. The van der Waals surface area contributed by atoms with Crippen molar-refractivity contribution in [3.63, 3.8) is 0 Å². The number of aliphatic hydroxyl groups is 2. The number of carboxylic acid groups (broad SMARTS) is 1. The van der Waals surface area contributed by atoms with Crippen molar-refractivity contribution in [1.82, 2.24) is 4.98 Å². The number of carbonyl (C=O) groups is 1. The van der Waals surface area contributed by atoms with Gasteiger partial charge in [-0.3, -0.25) is 0 Å². The van der Waals surface area contributed by atoms with Gasteiger partial charge in [-0.1, -0.05) is 0 Å². The van der Waals surface area contributed by atoms with Gasteiger partial charge in [-0.15, -0.1) is 0 Å². The third-order valence-electron chi connectivity index (χ3n) is 5.52. The van der Waals surface area contributed by atoms with Crippen LogP contribution in [0.25, 0.3) is 0 Å². The van der Waals surface area contributed by atoms with E-state index < -0.39 is 75.9 Å². The number of anilines is 1. The van der Waals surface area contributed by atoms with Gasteiger partial charge in [0.05, 0.1) is 0 Å². The fourth-order valence-electron chi connectivity index (χ4n) is 3.77. The van der Waals surface area contributed by atoms with Crippen molar-refractivity contribution in [2.75, 3.05) is 25.1 Å². The van der Waals surface area contributed by atoms with E-state index in [1.54, 1.807) is 0 Å². The van der Waals surface area contributed by atoms with Crippen molar-refractivity contribution in [3.8, 4) is 0 Å². The van der Waals surface area contributed by atoms with Crippen molar-refractivity contribution in [1.29, 1.82) is 0 Å². The standard InChI is InChI=1S/C20H20F3IN3O7/c21-20(22,23)12-2-1-3-13(25-12)26-15-11(7-28)16(29)19(9-33-18(15)34-19)8-32-14-5-4-10(17(30)31)6-24-27-14/h1-6,11,15-16,18,28-29H,7-9H2,(H,25,26)(H,30,31)/q-1/t11-,15-,16-,18+,19+/m1/s1. The van der Waals surface area contributed by atoms with Crippen molar-refractivity contribution in [2.45, 2.75) is 30.2 Å². The molecule has 14 heteroatoms. The van der Waals surface area contributed by atoms with E-state index in [4.69, 9.17) is 19.3 Å². The summed E-state index contributed by atoms with van der Waals surface area (Å²) in [6.07, 6.45) is -4.18. The monoisotopic (exact) mass is 598 g/mol. The molecule has 0 amide bonds. The van der Waals surface area contributed by atoms with Gasteiger partial charge in [0.15, 0.2) is 0 Å². The number of nitrogens with one attached hydrogen (secondary N) is 1. The van der Waals surface area contributed by atoms with Gasteiger partial charge in [-0.25, -0.2) is 0 Å². The van der Waals surface area contributed by atoms with E-state index in [-0.39, 0.29) is 30.5 Å². The van der Waals surface area contributed by atoms with Gasteiger partial charge >= 0.3 is 183 Å². The first-order valence-electron chi connectivity index (χ1n) is 9.97. The molecule has 3 aliphatic rings. The van der Waals surface area contributed by atoms with Crippen molar-refractivity contribution in [3.05, 3.63) is 45.7 Å². The van der Waals surface area contributed by atoms with E-state index in [0.29, 0.717) is 0 Å². The molecule has 2 saturated heterocycles. The molecule has 0 spiro atoms. The average molecular weight is 598 g/mol. The Kier molecular flexibility index (Phi) is 7.14. The number of carboxylic acids is 1. The predicted molar refractivity (Wildman–Crippen MR) is 105 cm³/mol. The third kappa shape index (κ3) is 5.05. The number of hydrogen-bond acceptors (Lipinski definition) is 9. The zero-order valence-electron chi connectivity index (χ0n) is 17.3. The Morgan fingerprint density at radius 3 is 2.85 bits per heavy atom. The molecule has 34 heavy (non-hydrogen) atoms. The Bertz CT molecular complexity index is 1030.